The summed E-state index contributed by atoms with van der Waals surface area (Å²) in [6.07, 6.45) is 4.72. The molecule has 5 heteroatoms. The molecule has 2 rings (SSSR count). The van der Waals surface area contributed by atoms with Crippen LogP contribution in [0.1, 0.15) is 38.2 Å². The molecule has 1 fully saturated rings. The van der Waals surface area contributed by atoms with E-state index in [-0.39, 0.29) is 24.1 Å². The van der Waals surface area contributed by atoms with Crippen LogP contribution in [0.2, 0.25) is 0 Å². The number of benzene rings is 1. The number of nitro groups is 1. The lowest BCUT2D eigenvalue weighted by atomic mass is 9.87. The molecule has 0 unspecified atom stereocenters. The monoisotopic (exact) mass is 276 g/mol. The molecule has 1 aliphatic carbocycles. The van der Waals surface area contributed by atoms with E-state index >= 15 is 0 Å². The number of non-ortho nitro benzene ring substituents is 1. The van der Waals surface area contributed by atoms with Crippen molar-refractivity contribution in [3.8, 4) is 0 Å². The van der Waals surface area contributed by atoms with Crippen LogP contribution in [0.4, 0.5) is 5.69 Å². The number of amides is 1. The summed E-state index contributed by atoms with van der Waals surface area (Å²) in [6.45, 7) is 2.24. The van der Waals surface area contributed by atoms with Crippen LogP contribution in [-0.4, -0.2) is 16.9 Å². The Bertz CT molecular complexity index is 476. The minimum absolute atomic E-state index is 0.00148. The van der Waals surface area contributed by atoms with E-state index in [4.69, 9.17) is 0 Å². The van der Waals surface area contributed by atoms with E-state index in [1.165, 1.54) is 25.0 Å². The molecule has 1 aromatic rings. The lowest BCUT2D eigenvalue weighted by Gasteiger charge is -2.26. The molecular formula is C15H20N2O3. The van der Waals surface area contributed by atoms with Gasteiger partial charge in [0.15, 0.2) is 0 Å². The fraction of sp³-hybridized carbons (Fsp3) is 0.533. The molecule has 1 saturated carbocycles. The Hall–Kier alpha value is -1.91. The van der Waals surface area contributed by atoms with E-state index in [0.717, 1.165) is 24.3 Å². The lowest BCUT2D eigenvalue weighted by molar-refractivity contribution is -0.384. The fourth-order valence-corrected chi connectivity index (χ4v) is 2.60. The zero-order valence-electron chi connectivity index (χ0n) is 11.7. The van der Waals surface area contributed by atoms with E-state index in [0.29, 0.717) is 0 Å². The van der Waals surface area contributed by atoms with Gasteiger partial charge in [0.05, 0.1) is 11.3 Å². The molecule has 1 amide bonds. The van der Waals surface area contributed by atoms with E-state index in [2.05, 4.69) is 12.2 Å². The van der Waals surface area contributed by atoms with Crippen LogP contribution in [0.15, 0.2) is 24.3 Å². The number of hydrogen-bond donors (Lipinski definition) is 1. The van der Waals surface area contributed by atoms with Gasteiger partial charge >= 0.3 is 0 Å². The first-order valence-corrected chi connectivity index (χ1v) is 7.07. The molecule has 0 spiro atoms. The van der Waals surface area contributed by atoms with Crippen LogP contribution in [0.3, 0.4) is 0 Å². The third kappa shape index (κ3) is 4.05. The van der Waals surface area contributed by atoms with Gasteiger partial charge in [0.25, 0.3) is 5.69 Å². The molecule has 1 aromatic carbocycles. The van der Waals surface area contributed by atoms with Crippen molar-refractivity contribution in [2.45, 2.75) is 45.1 Å². The smallest absolute Gasteiger partial charge is 0.269 e. The molecule has 1 N–H and O–H groups in total. The fourth-order valence-electron chi connectivity index (χ4n) is 2.60. The van der Waals surface area contributed by atoms with Crippen LogP contribution in [0.5, 0.6) is 0 Å². The molecular weight excluding hydrogens is 256 g/mol. The molecule has 0 aromatic heterocycles. The summed E-state index contributed by atoms with van der Waals surface area (Å²) >= 11 is 0. The minimum atomic E-state index is -0.437. The quantitative estimate of drug-likeness (QED) is 0.679. The van der Waals surface area contributed by atoms with Gasteiger partial charge in [0.1, 0.15) is 0 Å². The van der Waals surface area contributed by atoms with Crippen LogP contribution < -0.4 is 5.32 Å². The molecule has 5 nitrogen and oxygen atoms in total. The van der Waals surface area contributed by atoms with E-state index in [1.54, 1.807) is 12.1 Å². The van der Waals surface area contributed by atoms with Crippen molar-refractivity contribution in [1.82, 2.24) is 5.32 Å². The maximum atomic E-state index is 11.9. The van der Waals surface area contributed by atoms with Crippen LogP contribution >= 0.6 is 0 Å². The lowest BCUT2D eigenvalue weighted by Crippen LogP contribution is -2.38. The number of nitrogens with one attached hydrogen (secondary N) is 1. The highest BCUT2D eigenvalue weighted by Crippen LogP contribution is 2.23. The van der Waals surface area contributed by atoms with Gasteiger partial charge in [0.2, 0.25) is 5.91 Å². The third-order valence-corrected chi connectivity index (χ3v) is 3.89. The zero-order valence-corrected chi connectivity index (χ0v) is 11.7. The van der Waals surface area contributed by atoms with Crippen LogP contribution in [-0.2, 0) is 11.2 Å². The molecule has 0 saturated heterocycles. The SMILES string of the molecule is CC1CCC(NC(=O)Cc2ccc([N+](=O)[O-])cc2)CC1. The summed E-state index contributed by atoms with van der Waals surface area (Å²) in [4.78, 5) is 22.0. The van der Waals surface area contributed by atoms with Crippen molar-refractivity contribution in [3.63, 3.8) is 0 Å². The number of carbonyl (C=O) groups excluding carboxylic acids is 1. The first kappa shape index (κ1) is 14.5. The third-order valence-electron chi connectivity index (χ3n) is 3.89. The van der Waals surface area contributed by atoms with Gasteiger partial charge < -0.3 is 5.32 Å². The van der Waals surface area contributed by atoms with Crippen molar-refractivity contribution in [3.05, 3.63) is 39.9 Å². The Balaban J connectivity index is 1.83. The standard InChI is InChI=1S/C15H20N2O3/c1-11-2-6-13(7-3-11)16-15(18)10-12-4-8-14(9-5-12)17(19)20/h4-5,8-9,11,13H,2-3,6-7,10H2,1H3,(H,16,18). The average molecular weight is 276 g/mol. The summed E-state index contributed by atoms with van der Waals surface area (Å²) in [5, 5.41) is 13.6. The van der Waals surface area contributed by atoms with Crippen molar-refractivity contribution >= 4 is 11.6 Å². The van der Waals surface area contributed by atoms with E-state index in [9.17, 15) is 14.9 Å². The first-order chi connectivity index (χ1) is 9.54. The summed E-state index contributed by atoms with van der Waals surface area (Å²) in [6, 6.07) is 6.44. The number of carbonyl (C=O) groups is 1. The highest BCUT2D eigenvalue weighted by Gasteiger charge is 2.19. The normalized spacial score (nSPS) is 22.2. The number of rotatable bonds is 4. The summed E-state index contributed by atoms with van der Waals surface area (Å²) in [5.74, 6) is 0.760. The highest BCUT2D eigenvalue weighted by atomic mass is 16.6. The van der Waals surface area contributed by atoms with Gasteiger partial charge in [-0.1, -0.05) is 19.1 Å². The molecule has 0 aliphatic heterocycles. The van der Waals surface area contributed by atoms with Crippen molar-refractivity contribution in [2.24, 2.45) is 5.92 Å². The average Bonchev–Trinajstić information content (AvgIpc) is 2.42. The second kappa shape index (κ2) is 6.50. The molecule has 0 radical (unpaired) electrons. The maximum absolute atomic E-state index is 11.9. The summed E-state index contributed by atoms with van der Waals surface area (Å²) in [5.41, 5.74) is 0.854. The van der Waals surface area contributed by atoms with Gasteiger partial charge in [-0.15, -0.1) is 0 Å². The summed E-state index contributed by atoms with van der Waals surface area (Å²) < 4.78 is 0. The first-order valence-electron chi connectivity index (χ1n) is 7.07. The van der Waals surface area contributed by atoms with Gasteiger partial charge in [0, 0.05) is 18.2 Å². The van der Waals surface area contributed by atoms with Crippen molar-refractivity contribution in [2.75, 3.05) is 0 Å². The largest absolute Gasteiger partial charge is 0.353 e. The van der Waals surface area contributed by atoms with E-state index < -0.39 is 4.92 Å². The molecule has 20 heavy (non-hydrogen) atoms. The number of hydrogen-bond acceptors (Lipinski definition) is 3. The van der Waals surface area contributed by atoms with Gasteiger partial charge in [-0.3, -0.25) is 14.9 Å². The highest BCUT2D eigenvalue weighted by molar-refractivity contribution is 5.78. The van der Waals surface area contributed by atoms with Crippen molar-refractivity contribution in [1.29, 1.82) is 0 Å². The molecule has 1 aliphatic rings. The predicted octanol–water partition coefficient (Wildman–Crippen LogP) is 2.83. The molecule has 108 valence electrons. The number of nitrogens with zero attached hydrogens (tertiary/aromatic N) is 1. The second-order valence-electron chi connectivity index (χ2n) is 5.62. The Morgan fingerprint density at radius 2 is 1.85 bits per heavy atom. The zero-order chi connectivity index (χ0) is 14.5. The molecule has 0 heterocycles. The van der Waals surface area contributed by atoms with Gasteiger partial charge in [-0.2, -0.15) is 0 Å². The Morgan fingerprint density at radius 1 is 1.25 bits per heavy atom. The van der Waals surface area contributed by atoms with Crippen molar-refractivity contribution < 1.29 is 9.72 Å². The van der Waals surface area contributed by atoms with Crippen LogP contribution in [0, 0.1) is 16.0 Å². The summed E-state index contributed by atoms with van der Waals surface area (Å²) in [7, 11) is 0. The maximum Gasteiger partial charge on any atom is 0.269 e. The Kier molecular flexibility index (Phi) is 4.71. The molecule has 0 atom stereocenters. The Morgan fingerprint density at radius 3 is 2.40 bits per heavy atom. The number of nitro benzene ring substituents is 1. The van der Waals surface area contributed by atoms with Crippen LogP contribution in [0.25, 0.3) is 0 Å². The van der Waals surface area contributed by atoms with Gasteiger partial charge in [-0.25, -0.2) is 0 Å². The van der Waals surface area contributed by atoms with Gasteiger partial charge in [-0.05, 0) is 37.2 Å². The Labute approximate surface area is 118 Å². The predicted molar refractivity (Wildman–Crippen MR) is 76.4 cm³/mol. The van der Waals surface area contributed by atoms with E-state index in [1.807, 2.05) is 0 Å². The second-order valence-corrected chi connectivity index (χ2v) is 5.62. The molecule has 0 bridgehead atoms. The topological polar surface area (TPSA) is 72.2 Å². The minimum Gasteiger partial charge on any atom is -0.353 e.